The van der Waals surface area contributed by atoms with Crippen LogP contribution in [-0.2, 0) is 0 Å². The van der Waals surface area contributed by atoms with E-state index < -0.39 is 0 Å². The SMILES string of the molecule is C1=NC=NC2Nc3ccccc3N12. The zero-order valence-corrected chi connectivity index (χ0v) is 6.88. The Hall–Kier alpha value is -1.84. The van der Waals surface area contributed by atoms with Gasteiger partial charge in [-0.05, 0) is 12.1 Å². The van der Waals surface area contributed by atoms with E-state index in [2.05, 4.69) is 21.4 Å². The molecular weight excluding hydrogens is 164 g/mol. The Kier molecular flexibility index (Phi) is 1.19. The average Bonchev–Trinajstić information content (AvgIpc) is 2.56. The smallest absolute Gasteiger partial charge is 0.203 e. The van der Waals surface area contributed by atoms with Crippen LogP contribution in [0.1, 0.15) is 0 Å². The van der Waals surface area contributed by atoms with Crippen LogP contribution < -0.4 is 10.2 Å². The number of rotatable bonds is 0. The van der Waals surface area contributed by atoms with Crippen LogP contribution in [0.5, 0.6) is 0 Å². The molecule has 1 aromatic carbocycles. The topological polar surface area (TPSA) is 40.0 Å². The van der Waals surface area contributed by atoms with E-state index >= 15 is 0 Å². The number of nitrogens with zero attached hydrogens (tertiary/aromatic N) is 3. The fourth-order valence-corrected chi connectivity index (χ4v) is 1.60. The Morgan fingerprint density at radius 3 is 3.23 bits per heavy atom. The summed E-state index contributed by atoms with van der Waals surface area (Å²) in [5.74, 6) is 0. The van der Waals surface area contributed by atoms with Gasteiger partial charge in [0, 0.05) is 0 Å². The van der Waals surface area contributed by atoms with Crippen LogP contribution in [0.15, 0.2) is 34.3 Å². The van der Waals surface area contributed by atoms with Crippen LogP contribution in [0.4, 0.5) is 11.4 Å². The van der Waals surface area contributed by atoms with E-state index in [1.54, 1.807) is 12.7 Å². The number of aliphatic imine (C=N–C) groups is 2. The molecule has 0 amide bonds. The van der Waals surface area contributed by atoms with Gasteiger partial charge in [-0.25, -0.2) is 9.98 Å². The maximum Gasteiger partial charge on any atom is 0.203 e. The van der Waals surface area contributed by atoms with Gasteiger partial charge in [0.25, 0.3) is 0 Å². The van der Waals surface area contributed by atoms with E-state index in [1.807, 2.05) is 23.1 Å². The van der Waals surface area contributed by atoms with Gasteiger partial charge >= 0.3 is 0 Å². The first-order valence-corrected chi connectivity index (χ1v) is 4.14. The first-order valence-electron chi connectivity index (χ1n) is 4.14. The third kappa shape index (κ3) is 0.853. The van der Waals surface area contributed by atoms with Crippen molar-refractivity contribution in [1.29, 1.82) is 0 Å². The molecule has 2 aliphatic rings. The lowest BCUT2D eigenvalue weighted by Gasteiger charge is -2.19. The number of hydrogen-bond acceptors (Lipinski definition) is 4. The molecule has 0 radical (unpaired) electrons. The summed E-state index contributed by atoms with van der Waals surface area (Å²) in [6.45, 7) is 0. The van der Waals surface area contributed by atoms with Crippen LogP contribution in [0.2, 0.25) is 0 Å². The van der Waals surface area contributed by atoms with Crippen molar-refractivity contribution in [1.82, 2.24) is 0 Å². The minimum absolute atomic E-state index is 0.00472. The molecule has 3 rings (SSSR count). The van der Waals surface area contributed by atoms with Gasteiger partial charge in [0.2, 0.25) is 6.29 Å². The number of hydrogen-bond donors (Lipinski definition) is 1. The largest absolute Gasteiger partial charge is 0.345 e. The fourth-order valence-electron chi connectivity index (χ4n) is 1.60. The molecule has 64 valence electrons. The second kappa shape index (κ2) is 2.32. The highest BCUT2D eigenvalue weighted by atomic mass is 15.4. The summed E-state index contributed by atoms with van der Waals surface area (Å²) < 4.78 is 0. The van der Waals surface area contributed by atoms with Gasteiger partial charge < -0.3 is 5.32 Å². The average molecular weight is 172 g/mol. The third-order valence-corrected chi connectivity index (χ3v) is 2.20. The van der Waals surface area contributed by atoms with Crippen molar-refractivity contribution >= 4 is 24.1 Å². The fraction of sp³-hybridized carbons (Fsp3) is 0.111. The molecule has 0 aromatic heterocycles. The minimum atomic E-state index is -0.00472. The number of benzene rings is 1. The normalized spacial score (nSPS) is 22.5. The van der Waals surface area contributed by atoms with Gasteiger partial charge in [-0.15, -0.1) is 0 Å². The first-order chi connectivity index (χ1) is 6.45. The summed E-state index contributed by atoms with van der Waals surface area (Å²) >= 11 is 0. The van der Waals surface area contributed by atoms with Crippen LogP contribution in [0.3, 0.4) is 0 Å². The maximum atomic E-state index is 4.20. The lowest BCUT2D eigenvalue weighted by molar-refractivity contribution is 0.822. The Balaban J connectivity index is 2.12. The van der Waals surface area contributed by atoms with Crippen LogP contribution >= 0.6 is 0 Å². The van der Waals surface area contributed by atoms with Gasteiger partial charge in [-0.3, -0.25) is 4.90 Å². The molecule has 1 aromatic rings. The van der Waals surface area contributed by atoms with Gasteiger partial charge in [0.1, 0.15) is 12.7 Å². The molecule has 4 nitrogen and oxygen atoms in total. The lowest BCUT2D eigenvalue weighted by atomic mass is 10.3. The molecule has 0 bridgehead atoms. The zero-order valence-electron chi connectivity index (χ0n) is 6.88. The Bertz CT molecular complexity index is 396. The molecule has 0 saturated carbocycles. The highest BCUT2D eigenvalue weighted by molar-refractivity contribution is 5.95. The van der Waals surface area contributed by atoms with Gasteiger partial charge in [0.15, 0.2) is 0 Å². The quantitative estimate of drug-likeness (QED) is 0.640. The summed E-state index contributed by atoms with van der Waals surface area (Å²) in [7, 11) is 0. The molecule has 4 heteroatoms. The van der Waals surface area contributed by atoms with E-state index in [4.69, 9.17) is 0 Å². The molecule has 0 aliphatic carbocycles. The van der Waals surface area contributed by atoms with E-state index in [9.17, 15) is 0 Å². The lowest BCUT2D eigenvalue weighted by Crippen LogP contribution is -2.34. The standard InChI is InChI=1S/C9H8N4/c1-2-4-8-7(3-1)12-9-11-5-10-6-13(8)9/h1-6,9,12H. The van der Waals surface area contributed by atoms with E-state index in [-0.39, 0.29) is 6.29 Å². The Morgan fingerprint density at radius 1 is 1.31 bits per heavy atom. The Labute approximate surface area is 75.6 Å². The van der Waals surface area contributed by atoms with Crippen molar-refractivity contribution in [2.45, 2.75) is 6.29 Å². The molecule has 1 N–H and O–H groups in total. The molecule has 2 aliphatic heterocycles. The van der Waals surface area contributed by atoms with Gasteiger partial charge in [-0.2, -0.15) is 0 Å². The molecule has 0 spiro atoms. The third-order valence-electron chi connectivity index (χ3n) is 2.20. The van der Waals surface area contributed by atoms with Crippen molar-refractivity contribution in [3.8, 4) is 0 Å². The van der Waals surface area contributed by atoms with E-state index in [0.717, 1.165) is 11.4 Å². The van der Waals surface area contributed by atoms with Gasteiger partial charge in [0.05, 0.1) is 11.4 Å². The first kappa shape index (κ1) is 6.65. The van der Waals surface area contributed by atoms with Crippen LogP contribution in [-0.4, -0.2) is 19.0 Å². The predicted octanol–water partition coefficient (Wildman–Crippen LogP) is 1.27. The highest BCUT2D eigenvalue weighted by Crippen LogP contribution is 2.33. The van der Waals surface area contributed by atoms with Gasteiger partial charge in [-0.1, -0.05) is 12.1 Å². The second-order valence-electron chi connectivity index (χ2n) is 2.97. The summed E-state index contributed by atoms with van der Waals surface area (Å²) in [5, 5.41) is 3.27. The van der Waals surface area contributed by atoms with Crippen molar-refractivity contribution in [2.24, 2.45) is 9.98 Å². The summed E-state index contributed by atoms with van der Waals surface area (Å²) in [6.07, 6.45) is 3.35. The summed E-state index contributed by atoms with van der Waals surface area (Å²) in [6, 6.07) is 8.10. The molecule has 1 atom stereocenters. The van der Waals surface area contributed by atoms with E-state index in [1.165, 1.54) is 0 Å². The van der Waals surface area contributed by atoms with Crippen molar-refractivity contribution < 1.29 is 0 Å². The maximum absolute atomic E-state index is 4.20. The molecule has 0 fully saturated rings. The minimum Gasteiger partial charge on any atom is -0.345 e. The molecule has 1 unspecified atom stereocenters. The molecular formula is C9H8N4. The predicted molar refractivity (Wildman–Crippen MR) is 53.3 cm³/mol. The molecule has 0 saturated heterocycles. The highest BCUT2D eigenvalue weighted by Gasteiger charge is 2.27. The van der Waals surface area contributed by atoms with Crippen molar-refractivity contribution in [2.75, 3.05) is 10.2 Å². The van der Waals surface area contributed by atoms with Crippen LogP contribution in [0.25, 0.3) is 0 Å². The second-order valence-corrected chi connectivity index (χ2v) is 2.97. The number of para-hydroxylation sites is 2. The Morgan fingerprint density at radius 2 is 2.23 bits per heavy atom. The number of nitrogens with one attached hydrogen (secondary N) is 1. The summed E-state index contributed by atoms with van der Waals surface area (Å²) in [4.78, 5) is 10.2. The van der Waals surface area contributed by atoms with Crippen LogP contribution in [0, 0.1) is 0 Å². The van der Waals surface area contributed by atoms with Crippen molar-refractivity contribution in [3.05, 3.63) is 24.3 Å². The zero-order chi connectivity index (χ0) is 8.67. The van der Waals surface area contributed by atoms with E-state index in [0.29, 0.717) is 0 Å². The van der Waals surface area contributed by atoms with Crippen molar-refractivity contribution in [3.63, 3.8) is 0 Å². The monoisotopic (exact) mass is 172 g/mol. The number of anilines is 2. The summed E-state index contributed by atoms with van der Waals surface area (Å²) in [5.41, 5.74) is 2.24. The molecule has 13 heavy (non-hydrogen) atoms. The number of fused-ring (bicyclic) bond motifs is 3. The molecule has 2 heterocycles.